The van der Waals surface area contributed by atoms with Crippen molar-refractivity contribution in [3.05, 3.63) is 48.9 Å². The summed E-state index contributed by atoms with van der Waals surface area (Å²) in [5, 5.41) is 4.25. The van der Waals surface area contributed by atoms with Gasteiger partial charge in [0.25, 0.3) is 0 Å². The van der Waals surface area contributed by atoms with Gasteiger partial charge >= 0.3 is 0 Å². The van der Waals surface area contributed by atoms with E-state index in [0.717, 1.165) is 31.0 Å². The monoisotopic (exact) mass is 296 g/mol. The zero-order chi connectivity index (χ0) is 14.8. The van der Waals surface area contributed by atoms with Gasteiger partial charge in [-0.2, -0.15) is 5.10 Å². The summed E-state index contributed by atoms with van der Waals surface area (Å²) in [4.78, 5) is 11.3. The molecule has 0 aromatic carbocycles. The van der Waals surface area contributed by atoms with Gasteiger partial charge in [0.15, 0.2) is 0 Å². The molecular weight excluding hydrogens is 276 g/mol. The summed E-state index contributed by atoms with van der Waals surface area (Å²) >= 11 is 0. The molecule has 4 rings (SSSR count). The molecule has 1 aliphatic rings. The van der Waals surface area contributed by atoms with Gasteiger partial charge in [-0.3, -0.25) is 9.58 Å². The lowest BCUT2D eigenvalue weighted by Gasteiger charge is -2.35. The zero-order valence-corrected chi connectivity index (χ0v) is 12.5. The first kappa shape index (κ1) is 13.5. The molecule has 1 atom stereocenters. The summed E-state index contributed by atoms with van der Waals surface area (Å²) in [6, 6.07) is 6.63. The molecule has 1 fully saturated rings. The van der Waals surface area contributed by atoms with Crippen LogP contribution in [0.25, 0.3) is 5.65 Å². The second kappa shape index (κ2) is 5.88. The maximum Gasteiger partial charge on any atom is 0.137 e. The molecule has 3 aromatic rings. The van der Waals surface area contributed by atoms with Crippen LogP contribution in [0.4, 0.5) is 0 Å². The van der Waals surface area contributed by atoms with Crippen LogP contribution in [-0.2, 0) is 13.1 Å². The highest BCUT2D eigenvalue weighted by atomic mass is 15.3. The Bertz CT molecular complexity index is 699. The number of rotatable bonds is 4. The van der Waals surface area contributed by atoms with Gasteiger partial charge in [-0.1, -0.05) is 12.5 Å². The summed E-state index contributed by atoms with van der Waals surface area (Å²) in [7, 11) is 0. The van der Waals surface area contributed by atoms with E-state index in [-0.39, 0.29) is 0 Å². The molecule has 114 valence electrons. The standard InChI is InChI=1S/C16H20N6/c1-3-7-20(15(5-1)11-22-13-17-12-18-22)9-14-10-21-8-4-2-6-16(21)19-14/h2,4,6,8,10,12-13,15H,1,3,5,7,9,11H2/t15-/m0/s1. The maximum absolute atomic E-state index is 4.72. The smallest absolute Gasteiger partial charge is 0.137 e. The second-order valence-electron chi connectivity index (χ2n) is 5.94. The van der Waals surface area contributed by atoms with E-state index < -0.39 is 0 Å². The molecule has 1 saturated heterocycles. The molecule has 3 aromatic heterocycles. The van der Waals surface area contributed by atoms with E-state index in [0.29, 0.717) is 6.04 Å². The Balaban J connectivity index is 1.51. The van der Waals surface area contributed by atoms with Crippen molar-refractivity contribution in [2.45, 2.75) is 38.4 Å². The van der Waals surface area contributed by atoms with E-state index in [4.69, 9.17) is 4.98 Å². The molecule has 0 aliphatic carbocycles. The van der Waals surface area contributed by atoms with E-state index in [2.05, 4.69) is 31.8 Å². The van der Waals surface area contributed by atoms with Crippen LogP contribution in [0.2, 0.25) is 0 Å². The van der Waals surface area contributed by atoms with Crippen LogP contribution in [0.1, 0.15) is 25.0 Å². The van der Waals surface area contributed by atoms with Crippen LogP contribution in [0.5, 0.6) is 0 Å². The summed E-state index contributed by atoms with van der Waals surface area (Å²) in [6.45, 7) is 2.95. The van der Waals surface area contributed by atoms with Gasteiger partial charge in [0.05, 0.1) is 12.2 Å². The highest BCUT2D eigenvalue weighted by Crippen LogP contribution is 2.20. The van der Waals surface area contributed by atoms with Gasteiger partial charge in [-0.15, -0.1) is 0 Å². The van der Waals surface area contributed by atoms with Gasteiger partial charge < -0.3 is 4.40 Å². The Labute approximate surface area is 129 Å². The van der Waals surface area contributed by atoms with Crippen LogP contribution in [-0.4, -0.2) is 41.6 Å². The lowest BCUT2D eigenvalue weighted by atomic mass is 10.0. The first-order chi connectivity index (χ1) is 10.9. The van der Waals surface area contributed by atoms with Crippen molar-refractivity contribution < 1.29 is 0 Å². The molecule has 0 N–H and O–H groups in total. The van der Waals surface area contributed by atoms with Gasteiger partial charge in [0, 0.05) is 25.0 Å². The van der Waals surface area contributed by atoms with E-state index in [1.54, 1.807) is 12.7 Å². The van der Waals surface area contributed by atoms with Gasteiger partial charge in [0.2, 0.25) is 0 Å². The highest BCUT2D eigenvalue weighted by Gasteiger charge is 2.23. The first-order valence-corrected chi connectivity index (χ1v) is 7.87. The molecule has 1 aliphatic heterocycles. The van der Waals surface area contributed by atoms with E-state index in [1.165, 1.54) is 19.3 Å². The van der Waals surface area contributed by atoms with Gasteiger partial charge in [-0.25, -0.2) is 9.97 Å². The molecule has 0 amide bonds. The Morgan fingerprint density at radius 1 is 1.23 bits per heavy atom. The van der Waals surface area contributed by atoms with Crippen LogP contribution in [0.3, 0.4) is 0 Å². The van der Waals surface area contributed by atoms with Crippen molar-refractivity contribution >= 4 is 5.65 Å². The third kappa shape index (κ3) is 2.74. The van der Waals surface area contributed by atoms with Crippen molar-refractivity contribution in [3.63, 3.8) is 0 Å². The Hall–Kier alpha value is -2.21. The number of hydrogen-bond donors (Lipinski definition) is 0. The fourth-order valence-electron chi connectivity index (χ4n) is 3.29. The minimum atomic E-state index is 0.514. The molecule has 0 radical (unpaired) electrons. The molecule has 0 unspecified atom stereocenters. The maximum atomic E-state index is 4.72. The lowest BCUT2D eigenvalue weighted by Crippen LogP contribution is -2.41. The van der Waals surface area contributed by atoms with Crippen LogP contribution < -0.4 is 0 Å². The predicted molar refractivity (Wildman–Crippen MR) is 83.3 cm³/mol. The van der Waals surface area contributed by atoms with Crippen molar-refractivity contribution in [2.24, 2.45) is 0 Å². The SMILES string of the molecule is c1ccn2cc(CN3CCCC[C@H]3Cn3cncn3)nc2c1. The third-order valence-electron chi connectivity index (χ3n) is 4.39. The number of fused-ring (bicyclic) bond motifs is 1. The number of aromatic nitrogens is 5. The van der Waals surface area contributed by atoms with Gasteiger partial charge in [0.1, 0.15) is 18.3 Å². The van der Waals surface area contributed by atoms with Crippen molar-refractivity contribution in [2.75, 3.05) is 6.54 Å². The Kier molecular flexibility index (Phi) is 3.60. The predicted octanol–water partition coefficient (Wildman–Crippen LogP) is 1.98. The second-order valence-corrected chi connectivity index (χ2v) is 5.94. The normalized spacial score (nSPS) is 19.7. The molecule has 6 nitrogen and oxygen atoms in total. The summed E-state index contributed by atoms with van der Waals surface area (Å²) < 4.78 is 4.03. The fraction of sp³-hybridized carbons (Fsp3) is 0.438. The van der Waals surface area contributed by atoms with Crippen molar-refractivity contribution in [1.29, 1.82) is 0 Å². The number of imidazole rings is 1. The van der Waals surface area contributed by atoms with E-state index in [9.17, 15) is 0 Å². The number of hydrogen-bond acceptors (Lipinski definition) is 4. The Morgan fingerprint density at radius 3 is 3.09 bits per heavy atom. The summed E-state index contributed by atoms with van der Waals surface area (Å²) in [6.07, 6.45) is 11.4. The summed E-state index contributed by atoms with van der Waals surface area (Å²) in [5.74, 6) is 0. The number of pyridine rings is 1. The minimum absolute atomic E-state index is 0.514. The van der Waals surface area contributed by atoms with Crippen LogP contribution in [0, 0.1) is 0 Å². The first-order valence-electron chi connectivity index (χ1n) is 7.87. The topological polar surface area (TPSA) is 51.2 Å². The molecule has 0 spiro atoms. The fourth-order valence-corrected chi connectivity index (χ4v) is 3.29. The molecule has 0 saturated carbocycles. The Morgan fingerprint density at radius 2 is 2.23 bits per heavy atom. The third-order valence-corrected chi connectivity index (χ3v) is 4.39. The highest BCUT2D eigenvalue weighted by molar-refractivity contribution is 5.39. The summed E-state index contributed by atoms with van der Waals surface area (Å²) in [5.41, 5.74) is 2.15. The zero-order valence-electron chi connectivity index (χ0n) is 12.5. The van der Waals surface area contributed by atoms with Crippen LogP contribution in [0.15, 0.2) is 43.2 Å². The minimum Gasteiger partial charge on any atom is -0.307 e. The molecule has 0 bridgehead atoms. The number of likely N-dealkylation sites (tertiary alicyclic amines) is 1. The quantitative estimate of drug-likeness (QED) is 0.739. The van der Waals surface area contributed by atoms with E-state index in [1.807, 2.05) is 22.9 Å². The number of nitrogens with zero attached hydrogens (tertiary/aromatic N) is 6. The molecule has 6 heteroatoms. The number of piperidine rings is 1. The van der Waals surface area contributed by atoms with Crippen molar-refractivity contribution in [3.8, 4) is 0 Å². The molecule has 4 heterocycles. The van der Waals surface area contributed by atoms with Crippen LogP contribution >= 0.6 is 0 Å². The average Bonchev–Trinajstić information content (AvgIpc) is 3.18. The molecular formula is C16H20N6. The van der Waals surface area contributed by atoms with E-state index >= 15 is 0 Å². The van der Waals surface area contributed by atoms with Gasteiger partial charge in [-0.05, 0) is 31.5 Å². The largest absolute Gasteiger partial charge is 0.307 e. The van der Waals surface area contributed by atoms with Crippen molar-refractivity contribution in [1.82, 2.24) is 29.0 Å². The average molecular weight is 296 g/mol. The lowest BCUT2D eigenvalue weighted by molar-refractivity contribution is 0.120. The molecule has 22 heavy (non-hydrogen) atoms.